The maximum Gasteiger partial charge on any atom is 0.257 e. The van der Waals surface area contributed by atoms with E-state index < -0.39 is 0 Å². The van der Waals surface area contributed by atoms with Gasteiger partial charge in [-0.3, -0.25) is 9.59 Å². The summed E-state index contributed by atoms with van der Waals surface area (Å²) in [6.45, 7) is 6.99. The minimum atomic E-state index is -0.0156. The number of rotatable bonds is 5. The highest BCUT2D eigenvalue weighted by Crippen LogP contribution is 2.23. The molecule has 1 atom stereocenters. The predicted octanol–water partition coefficient (Wildman–Crippen LogP) is 3.21. The van der Waals surface area contributed by atoms with Crippen molar-refractivity contribution in [2.75, 3.05) is 13.1 Å². The average Bonchev–Trinajstić information content (AvgIpc) is 2.68. The molecule has 6 nitrogen and oxygen atoms in total. The molecule has 1 saturated heterocycles. The maximum absolute atomic E-state index is 12.7. The molecule has 1 aliphatic heterocycles. The van der Waals surface area contributed by atoms with E-state index in [1.165, 1.54) is 0 Å². The van der Waals surface area contributed by atoms with Crippen molar-refractivity contribution in [1.82, 2.24) is 20.2 Å². The minimum Gasteiger partial charge on any atom is -0.350 e. The first kappa shape index (κ1) is 20.0. The van der Waals surface area contributed by atoms with Gasteiger partial charge in [0, 0.05) is 25.7 Å². The van der Waals surface area contributed by atoms with E-state index in [0.717, 1.165) is 18.4 Å². The molecular formula is C22H28N4O2. The summed E-state index contributed by atoms with van der Waals surface area (Å²) in [6.07, 6.45) is 3.80. The van der Waals surface area contributed by atoms with Crippen molar-refractivity contribution in [2.24, 2.45) is 5.92 Å². The molecule has 3 rings (SSSR count). The molecule has 0 radical (unpaired) electrons. The third-order valence-electron chi connectivity index (χ3n) is 5.38. The quantitative estimate of drug-likeness (QED) is 0.864. The Kier molecular flexibility index (Phi) is 6.39. The highest BCUT2D eigenvalue weighted by Gasteiger charge is 2.26. The molecule has 1 aromatic heterocycles. The predicted molar refractivity (Wildman–Crippen MR) is 108 cm³/mol. The normalized spacial score (nSPS) is 15.9. The third-order valence-corrected chi connectivity index (χ3v) is 5.38. The largest absolute Gasteiger partial charge is 0.350 e. The third kappa shape index (κ3) is 4.94. The molecule has 1 aliphatic rings. The van der Waals surface area contributed by atoms with Gasteiger partial charge in [-0.05, 0) is 45.1 Å². The fraction of sp³-hybridized carbons (Fsp3) is 0.455. The molecule has 0 bridgehead atoms. The highest BCUT2D eigenvalue weighted by molar-refractivity contribution is 5.95. The molecule has 0 unspecified atom stereocenters. The summed E-state index contributed by atoms with van der Waals surface area (Å²) in [6, 6.07) is 9.96. The SMILES string of the molecule is Cc1ncc(C(=O)N2CCC(CC(=O)N[C@H](C)c3ccccc3)CC2)c(C)n1. The Labute approximate surface area is 166 Å². The number of nitrogens with zero attached hydrogens (tertiary/aromatic N) is 3. The highest BCUT2D eigenvalue weighted by atomic mass is 16.2. The van der Waals surface area contributed by atoms with Crippen molar-refractivity contribution >= 4 is 11.8 Å². The van der Waals surface area contributed by atoms with Crippen LogP contribution >= 0.6 is 0 Å². The molecule has 1 N–H and O–H groups in total. The fourth-order valence-electron chi connectivity index (χ4n) is 3.69. The number of carbonyl (C=O) groups is 2. The smallest absolute Gasteiger partial charge is 0.257 e. The van der Waals surface area contributed by atoms with Gasteiger partial charge in [0.05, 0.1) is 17.3 Å². The molecule has 2 heterocycles. The van der Waals surface area contributed by atoms with Gasteiger partial charge in [0.25, 0.3) is 5.91 Å². The topological polar surface area (TPSA) is 75.2 Å². The molecule has 0 saturated carbocycles. The van der Waals surface area contributed by atoms with Gasteiger partial charge in [-0.2, -0.15) is 0 Å². The molecule has 1 fully saturated rings. The number of hydrogen-bond acceptors (Lipinski definition) is 4. The van der Waals surface area contributed by atoms with Gasteiger partial charge < -0.3 is 10.2 Å². The molecule has 6 heteroatoms. The summed E-state index contributed by atoms with van der Waals surface area (Å²) >= 11 is 0. The van der Waals surface area contributed by atoms with E-state index in [0.29, 0.717) is 42.5 Å². The van der Waals surface area contributed by atoms with Crippen LogP contribution in [-0.2, 0) is 4.79 Å². The number of piperidine rings is 1. The number of likely N-dealkylation sites (tertiary alicyclic amines) is 1. The van der Waals surface area contributed by atoms with Crippen molar-refractivity contribution in [3.05, 3.63) is 59.2 Å². The van der Waals surface area contributed by atoms with Gasteiger partial charge in [0.15, 0.2) is 0 Å². The maximum atomic E-state index is 12.7. The summed E-state index contributed by atoms with van der Waals surface area (Å²) < 4.78 is 0. The first-order chi connectivity index (χ1) is 13.4. The lowest BCUT2D eigenvalue weighted by Crippen LogP contribution is -2.40. The summed E-state index contributed by atoms with van der Waals surface area (Å²) in [4.78, 5) is 35.4. The number of carbonyl (C=O) groups excluding carboxylic acids is 2. The van der Waals surface area contributed by atoms with Crippen LogP contribution in [0.2, 0.25) is 0 Å². The van der Waals surface area contributed by atoms with Crippen molar-refractivity contribution in [2.45, 2.75) is 46.1 Å². The van der Waals surface area contributed by atoms with Crippen LogP contribution in [0.5, 0.6) is 0 Å². The van der Waals surface area contributed by atoms with E-state index in [4.69, 9.17) is 0 Å². The fourth-order valence-corrected chi connectivity index (χ4v) is 3.69. The van der Waals surface area contributed by atoms with Crippen molar-refractivity contribution < 1.29 is 9.59 Å². The van der Waals surface area contributed by atoms with E-state index in [1.54, 1.807) is 6.20 Å². The van der Waals surface area contributed by atoms with Gasteiger partial charge >= 0.3 is 0 Å². The Morgan fingerprint density at radius 3 is 2.50 bits per heavy atom. The van der Waals surface area contributed by atoms with E-state index in [-0.39, 0.29) is 17.9 Å². The summed E-state index contributed by atoms with van der Waals surface area (Å²) in [5.41, 5.74) is 2.39. The first-order valence-electron chi connectivity index (χ1n) is 9.88. The van der Waals surface area contributed by atoms with Crippen LogP contribution in [-0.4, -0.2) is 39.8 Å². The van der Waals surface area contributed by atoms with Crippen molar-refractivity contribution in [1.29, 1.82) is 0 Å². The Balaban J connectivity index is 1.48. The Morgan fingerprint density at radius 2 is 1.86 bits per heavy atom. The monoisotopic (exact) mass is 380 g/mol. The Bertz CT molecular complexity index is 830. The number of aryl methyl sites for hydroxylation is 2. The second-order valence-corrected chi connectivity index (χ2v) is 7.56. The number of amides is 2. The lowest BCUT2D eigenvalue weighted by Gasteiger charge is -2.32. The Morgan fingerprint density at radius 1 is 1.18 bits per heavy atom. The molecule has 0 spiro atoms. The van der Waals surface area contributed by atoms with Gasteiger partial charge in [-0.1, -0.05) is 30.3 Å². The van der Waals surface area contributed by atoms with Crippen molar-refractivity contribution in [3.63, 3.8) is 0 Å². The lowest BCUT2D eigenvalue weighted by atomic mass is 9.92. The van der Waals surface area contributed by atoms with Crippen LogP contribution < -0.4 is 5.32 Å². The number of aromatic nitrogens is 2. The van der Waals surface area contributed by atoms with Crippen LogP contribution in [0.15, 0.2) is 36.5 Å². The molecule has 1 aromatic carbocycles. The van der Waals surface area contributed by atoms with E-state index in [1.807, 2.05) is 56.0 Å². The zero-order valence-corrected chi connectivity index (χ0v) is 16.8. The summed E-state index contributed by atoms with van der Waals surface area (Å²) in [7, 11) is 0. The van der Waals surface area contributed by atoms with Crippen LogP contribution in [0.3, 0.4) is 0 Å². The summed E-state index contributed by atoms with van der Waals surface area (Å²) in [5, 5.41) is 3.08. The Hall–Kier alpha value is -2.76. The van der Waals surface area contributed by atoms with E-state index >= 15 is 0 Å². The van der Waals surface area contributed by atoms with Crippen LogP contribution in [0.25, 0.3) is 0 Å². The minimum absolute atomic E-state index is 0.000112. The number of nitrogens with one attached hydrogen (secondary N) is 1. The van der Waals surface area contributed by atoms with Gasteiger partial charge in [0.2, 0.25) is 5.91 Å². The number of hydrogen-bond donors (Lipinski definition) is 1. The van der Waals surface area contributed by atoms with E-state index in [2.05, 4.69) is 15.3 Å². The van der Waals surface area contributed by atoms with Gasteiger partial charge in [-0.15, -0.1) is 0 Å². The van der Waals surface area contributed by atoms with E-state index in [9.17, 15) is 9.59 Å². The molecule has 2 amide bonds. The second kappa shape index (κ2) is 8.95. The van der Waals surface area contributed by atoms with Crippen LogP contribution in [0, 0.1) is 19.8 Å². The van der Waals surface area contributed by atoms with Gasteiger partial charge in [-0.25, -0.2) is 9.97 Å². The molecule has 28 heavy (non-hydrogen) atoms. The zero-order valence-electron chi connectivity index (χ0n) is 16.8. The van der Waals surface area contributed by atoms with Crippen LogP contribution in [0.1, 0.15) is 59.7 Å². The molecule has 0 aliphatic carbocycles. The first-order valence-corrected chi connectivity index (χ1v) is 9.88. The standard InChI is InChI=1S/C22H28N4O2/c1-15(19-7-5-4-6-8-19)25-21(27)13-18-9-11-26(12-10-18)22(28)20-14-23-17(3)24-16(20)2/h4-8,14-15,18H,9-13H2,1-3H3,(H,25,27)/t15-/m1/s1. The molecular weight excluding hydrogens is 352 g/mol. The van der Waals surface area contributed by atoms with Crippen molar-refractivity contribution in [3.8, 4) is 0 Å². The zero-order chi connectivity index (χ0) is 20.1. The van der Waals surface area contributed by atoms with Gasteiger partial charge in [0.1, 0.15) is 5.82 Å². The van der Waals surface area contributed by atoms with Crippen LogP contribution in [0.4, 0.5) is 0 Å². The molecule has 2 aromatic rings. The molecule has 148 valence electrons. The summed E-state index contributed by atoms with van der Waals surface area (Å²) in [5.74, 6) is 1.04. The second-order valence-electron chi connectivity index (χ2n) is 7.56. The average molecular weight is 380 g/mol. The lowest BCUT2D eigenvalue weighted by molar-refractivity contribution is -0.122. The number of benzene rings is 1.